The number of nitrogens with one attached hydrogen (secondary N) is 1. The predicted molar refractivity (Wildman–Crippen MR) is 112 cm³/mol. The van der Waals surface area contributed by atoms with Crippen molar-refractivity contribution >= 4 is 38.9 Å². The van der Waals surface area contributed by atoms with Crippen LogP contribution < -0.4 is 4.72 Å². The Hall–Kier alpha value is -1.45. The lowest BCUT2D eigenvalue weighted by Crippen LogP contribution is -2.62. The summed E-state index contributed by atoms with van der Waals surface area (Å²) in [5.74, 6) is 0.0387. The summed E-state index contributed by atoms with van der Waals surface area (Å²) in [5.41, 5.74) is 2.25. The van der Waals surface area contributed by atoms with Crippen LogP contribution in [-0.4, -0.2) is 56.3 Å². The van der Waals surface area contributed by atoms with Gasteiger partial charge < -0.3 is 4.90 Å². The molecule has 2 atom stereocenters. The lowest BCUT2D eigenvalue weighted by Gasteiger charge is -2.43. The molecule has 1 aliphatic rings. The Morgan fingerprint density at radius 1 is 1.29 bits per heavy atom. The molecule has 28 heavy (non-hydrogen) atoms. The Balaban J connectivity index is 1.78. The number of aryl methyl sites for hydroxylation is 1. The van der Waals surface area contributed by atoms with E-state index in [1.165, 1.54) is 6.07 Å². The minimum absolute atomic E-state index is 0.0387. The van der Waals surface area contributed by atoms with E-state index in [4.69, 9.17) is 11.6 Å². The second kappa shape index (κ2) is 8.51. The zero-order chi connectivity index (χ0) is 20.5. The van der Waals surface area contributed by atoms with Gasteiger partial charge in [0.05, 0.1) is 10.4 Å². The zero-order valence-corrected chi connectivity index (χ0v) is 18.4. The highest BCUT2D eigenvalue weighted by Crippen LogP contribution is 2.26. The number of likely N-dealkylation sites (N-methyl/N-ethyl adjacent to an activating group) is 1. The molecule has 0 radical (unpaired) electrons. The van der Waals surface area contributed by atoms with E-state index in [9.17, 15) is 13.2 Å². The molecule has 152 valence electrons. The van der Waals surface area contributed by atoms with Gasteiger partial charge in [0.1, 0.15) is 4.21 Å². The highest BCUT2D eigenvalue weighted by Gasteiger charge is 2.37. The van der Waals surface area contributed by atoms with Crippen LogP contribution in [0.3, 0.4) is 0 Å². The molecule has 1 saturated heterocycles. The first kappa shape index (κ1) is 21.3. The molecule has 0 bridgehead atoms. The third-order valence-electron chi connectivity index (χ3n) is 4.95. The maximum absolute atomic E-state index is 12.6. The van der Waals surface area contributed by atoms with E-state index in [1.807, 2.05) is 32.0 Å². The molecular formula is C19H24ClN3O3S2. The highest BCUT2D eigenvalue weighted by atomic mass is 35.5. The number of carbonyl (C=O) groups excluding carboxylic acids is 1. The summed E-state index contributed by atoms with van der Waals surface area (Å²) in [6, 6.07) is 10.7. The zero-order valence-electron chi connectivity index (χ0n) is 16.1. The third-order valence-corrected chi connectivity index (χ3v) is 8.10. The van der Waals surface area contributed by atoms with Gasteiger partial charge in [0.15, 0.2) is 0 Å². The lowest BCUT2D eigenvalue weighted by atomic mass is 10.0. The van der Waals surface area contributed by atoms with Crippen molar-refractivity contribution in [2.75, 3.05) is 20.1 Å². The Morgan fingerprint density at radius 3 is 2.68 bits per heavy atom. The molecule has 2 aromatic rings. The number of carbonyl (C=O) groups is 1. The van der Waals surface area contributed by atoms with Crippen LogP contribution in [0.5, 0.6) is 0 Å². The van der Waals surface area contributed by atoms with Crippen molar-refractivity contribution in [3.63, 3.8) is 0 Å². The van der Waals surface area contributed by atoms with E-state index >= 15 is 0 Å². The molecule has 2 heterocycles. The van der Waals surface area contributed by atoms with Crippen LogP contribution in [0, 0.1) is 6.92 Å². The summed E-state index contributed by atoms with van der Waals surface area (Å²) in [5, 5.41) is 0. The van der Waals surface area contributed by atoms with Gasteiger partial charge in [-0.05, 0) is 31.5 Å². The van der Waals surface area contributed by atoms with Gasteiger partial charge in [-0.2, -0.15) is 0 Å². The molecule has 1 amide bonds. The van der Waals surface area contributed by atoms with Crippen molar-refractivity contribution in [1.82, 2.24) is 14.5 Å². The molecule has 0 aliphatic carbocycles. The number of amides is 1. The molecule has 3 rings (SSSR count). The average Bonchev–Trinajstić information content (AvgIpc) is 3.08. The van der Waals surface area contributed by atoms with Gasteiger partial charge >= 0.3 is 0 Å². The normalized spacial score (nSPS) is 21.3. The molecule has 9 heteroatoms. The number of nitrogens with zero attached hydrogens (tertiary/aromatic N) is 2. The number of hydrogen-bond acceptors (Lipinski definition) is 5. The van der Waals surface area contributed by atoms with E-state index in [0.717, 1.165) is 22.5 Å². The molecule has 1 fully saturated rings. The number of thiophene rings is 1. The first-order valence-electron chi connectivity index (χ1n) is 8.98. The molecule has 1 N–H and O–H groups in total. The maximum Gasteiger partial charge on any atom is 0.250 e. The lowest BCUT2D eigenvalue weighted by molar-refractivity contribution is -0.142. The van der Waals surface area contributed by atoms with Crippen LogP contribution in [0.1, 0.15) is 18.1 Å². The quantitative estimate of drug-likeness (QED) is 0.748. The van der Waals surface area contributed by atoms with E-state index in [1.54, 1.807) is 18.0 Å². The van der Waals surface area contributed by atoms with Crippen LogP contribution in [0.2, 0.25) is 4.34 Å². The molecule has 0 spiro atoms. The summed E-state index contributed by atoms with van der Waals surface area (Å²) in [7, 11) is -1.88. The second-order valence-corrected chi connectivity index (χ2v) is 10.8. The Morgan fingerprint density at radius 2 is 2.04 bits per heavy atom. The first-order chi connectivity index (χ1) is 13.2. The van der Waals surface area contributed by atoms with E-state index in [2.05, 4.69) is 15.7 Å². The predicted octanol–water partition coefficient (Wildman–Crippen LogP) is 2.72. The molecular weight excluding hydrogens is 418 g/mol. The van der Waals surface area contributed by atoms with Crippen molar-refractivity contribution < 1.29 is 13.2 Å². The SMILES string of the molecule is Cc1cccc(CN2[C@H](CNS(=O)(=O)c3ccc(Cl)s3)CN(C)C(=O)[C@@H]2C)c1. The fourth-order valence-corrected chi connectivity index (χ4v) is 6.08. The smallest absolute Gasteiger partial charge is 0.250 e. The fraction of sp³-hybridized carbons (Fsp3) is 0.421. The standard InChI is InChI=1S/C19H24ClN3O3S2/c1-13-5-4-6-15(9-13)11-23-14(2)19(24)22(3)12-16(23)10-21-28(25,26)18-8-7-17(20)27-18/h4-9,14,16,21H,10-12H2,1-3H3/t14-,16+/m0/s1. The van der Waals surface area contributed by atoms with Crippen molar-refractivity contribution in [1.29, 1.82) is 0 Å². The second-order valence-electron chi connectivity index (χ2n) is 7.12. The maximum atomic E-state index is 12.6. The van der Waals surface area contributed by atoms with E-state index in [-0.39, 0.29) is 28.7 Å². The van der Waals surface area contributed by atoms with Gasteiger partial charge in [0.25, 0.3) is 0 Å². The topological polar surface area (TPSA) is 69.7 Å². The fourth-order valence-electron chi connectivity index (χ4n) is 3.48. The number of benzene rings is 1. The van der Waals surface area contributed by atoms with Gasteiger partial charge in [-0.3, -0.25) is 9.69 Å². The van der Waals surface area contributed by atoms with E-state index in [0.29, 0.717) is 17.4 Å². The van der Waals surface area contributed by atoms with Crippen molar-refractivity contribution in [2.45, 2.75) is 36.7 Å². The highest BCUT2D eigenvalue weighted by molar-refractivity contribution is 7.91. The summed E-state index contributed by atoms with van der Waals surface area (Å²) >= 11 is 6.89. The minimum Gasteiger partial charge on any atom is -0.343 e. The Labute approximate surface area is 175 Å². The number of sulfonamides is 1. The van der Waals surface area contributed by atoms with Crippen LogP contribution >= 0.6 is 22.9 Å². The average molecular weight is 442 g/mol. The van der Waals surface area contributed by atoms with Gasteiger partial charge in [-0.1, -0.05) is 41.4 Å². The molecule has 1 aromatic heterocycles. The summed E-state index contributed by atoms with van der Waals surface area (Å²) < 4.78 is 28.4. The number of hydrogen-bond donors (Lipinski definition) is 1. The van der Waals surface area contributed by atoms with Crippen molar-refractivity contribution in [3.8, 4) is 0 Å². The summed E-state index contributed by atoms with van der Waals surface area (Å²) in [4.78, 5) is 16.2. The first-order valence-corrected chi connectivity index (χ1v) is 11.7. The molecule has 0 unspecified atom stereocenters. The minimum atomic E-state index is -3.64. The van der Waals surface area contributed by atoms with E-state index < -0.39 is 10.0 Å². The Kier molecular flexibility index (Phi) is 6.46. The third kappa shape index (κ3) is 4.75. The number of rotatable bonds is 6. The summed E-state index contributed by atoms with van der Waals surface area (Å²) in [6.07, 6.45) is 0. The van der Waals surface area contributed by atoms with Crippen LogP contribution in [-0.2, 0) is 21.4 Å². The molecule has 1 aromatic carbocycles. The largest absolute Gasteiger partial charge is 0.343 e. The van der Waals surface area contributed by atoms with Gasteiger partial charge in [0, 0.05) is 32.7 Å². The van der Waals surface area contributed by atoms with Crippen molar-refractivity contribution in [2.24, 2.45) is 0 Å². The van der Waals surface area contributed by atoms with Crippen LogP contribution in [0.4, 0.5) is 0 Å². The van der Waals surface area contributed by atoms with Crippen LogP contribution in [0.25, 0.3) is 0 Å². The van der Waals surface area contributed by atoms with Crippen LogP contribution in [0.15, 0.2) is 40.6 Å². The number of halogens is 1. The molecule has 0 saturated carbocycles. The summed E-state index contributed by atoms with van der Waals surface area (Å²) in [6.45, 7) is 5.15. The Bertz CT molecular complexity index is 961. The van der Waals surface area contributed by atoms with Gasteiger partial charge in [-0.15, -0.1) is 11.3 Å². The molecule has 6 nitrogen and oxygen atoms in total. The van der Waals surface area contributed by atoms with Crippen molar-refractivity contribution in [3.05, 3.63) is 51.9 Å². The number of piperazine rings is 1. The van der Waals surface area contributed by atoms with Gasteiger partial charge in [0.2, 0.25) is 15.9 Å². The monoisotopic (exact) mass is 441 g/mol. The molecule has 1 aliphatic heterocycles. The van der Waals surface area contributed by atoms with Gasteiger partial charge in [-0.25, -0.2) is 13.1 Å².